The zero-order chi connectivity index (χ0) is 30.6. The molecule has 3 N–H and O–H groups in total. The van der Waals surface area contributed by atoms with Crippen molar-refractivity contribution in [2.45, 2.75) is 64.3 Å². The van der Waals surface area contributed by atoms with Gasteiger partial charge in [-0.15, -0.1) is 10.6 Å². The summed E-state index contributed by atoms with van der Waals surface area (Å²) < 4.78 is 22.5. The van der Waals surface area contributed by atoms with Gasteiger partial charge in [-0.3, -0.25) is 4.79 Å². The highest BCUT2D eigenvalue weighted by molar-refractivity contribution is 6.02. The van der Waals surface area contributed by atoms with Gasteiger partial charge in [-0.1, -0.05) is 49.9 Å². The van der Waals surface area contributed by atoms with Crippen LogP contribution >= 0.6 is 0 Å². The van der Waals surface area contributed by atoms with Gasteiger partial charge in [0.25, 0.3) is 0 Å². The number of rotatable bonds is 14. The van der Waals surface area contributed by atoms with Crippen LogP contribution in [0.15, 0.2) is 69.8 Å². The molecule has 4 atom stereocenters. The number of nitrogens with zero attached hydrogens (tertiary/aromatic N) is 4. The molecule has 43 heavy (non-hydrogen) atoms. The van der Waals surface area contributed by atoms with Crippen molar-refractivity contribution in [3.8, 4) is 5.75 Å². The van der Waals surface area contributed by atoms with Gasteiger partial charge in [0.2, 0.25) is 11.9 Å². The second-order valence-corrected chi connectivity index (χ2v) is 10.6. The fraction of sp³-hybridized carbons (Fsp3) is 0.484. The number of nitrogens with one attached hydrogen (secondary N) is 1. The first-order valence-electron chi connectivity index (χ1n) is 14.6. The van der Waals surface area contributed by atoms with Gasteiger partial charge in [0.05, 0.1) is 25.9 Å². The Morgan fingerprint density at radius 3 is 2.74 bits per heavy atom. The van der Waals surface area contributed by atoms with Gasteiger partial charge in [-0.2, -0.15) is 4.99 Å². The monoisotopic (exact) mass is 594 g/mol. The van der Waals surface area contributed by atoms with Gasteiger partial charge in [0.15, 0.2) is 12.0 Å². The van der Waals surface area contributed by atoms with Crippen molar-refractivity contribution < 1.29 is 28.6 Å². The van der Waals surface area contributed by atoms with E-state index in [0.717, 1.165) is 42.9 Å². The number of hydrogen-bond donors (Lipinski definition) is 2. The Bertz CT molecular complexity index is 1330. The molecule has 0 spiro atoms. The fourth-order valence-corrected chi connectivity index (χ4v) is 4.80. The molecule has 4 rings (SSSR count). The normalized spacial score (nSPS) is 23.6. The van der Waals surface area contributed by atoms with Crippen LogP contribution in [0.5, 0.6) is 5.75 Å². The summed E-state index contributed by atoms with van der Waals surface area (Å²) in [4.78, 5) is 26.7. The predicted octanol–water partition coefficient (Wildman–Crippen LogP) is 4.12. The van der Waals surface area contributed by atoms with Crippen molar-refractivity contribution in [1.29, 1.82) is 0 Å². The summed E-state index contributed by atoms with van der Waals surface area (Å²) in [6, 6.07) is 13.0. The largest absolute Gasteiger partial charge is 0.476 e. The lowest BCUT2D eigenvalue weighted by atomic mass is 10.1. The smallest absolute Gasteiger partial charge is 0.326 e. The molecule has 1 saturated heterocycles. The number of carbonyl (C=O) groups excluding carboxylic acids is 1. The first kappa shape index (κ1) is 31.9. The van der Waals surface area contributed by atoms with Crippen molar-refractivity contribution >= 4 is 34.9 Å². The van der Waals surface area contributed by atoms with Crippen molar-refractivity contribution in [2.75, 3.05) is 26.9 Å². The molecular formula is C31H42N6O6. The molecule has 0 aromatic heterocycles. The topological polar surface area (TPSA) is 142 Å². The minimum Gasteiger partial charge on any atom is -0.476 e. The molecular weight excluding hydrogens is 552 g/mol. The Kier molecular flexibility index (Phi) is 11.9. The minimum atomic E-state index is -0.614. The van der Waals surface area contributed by atoms with Crippen LogP contribution in [0.3, 0.4) is 0 Å². The van der Waals surface area contributed by atoms with E-state index in [4.69, 9.17) is 29.5 Å². The van der Waals surface area contributed by atoms with Crippen LogP contribution in [-0.2, 0) is 23.7 Å². The van der Waals surface area contributed by atoms with Crippen LogP contribution in [0.1, 0.15) is 46.0 Å². The summed E-state index contributed by atoms with van der Waals surface area (Å²) in [7, 11) is 1.65. The lowest BCUT2D eigenvalue weighted by molar-refractivity contribution is -0.148. The first-order valence-corrected chi connectivity index (χ1v) is 14.6. The molecule has 1 fully saturated rings. The number of aliphatic imine (C=N–C) groups is 2. The van der Waals surface area contributed by atoms with Gasteiger partial charge in [-0.25, -0.2) is 10.0 Å². The van der Waals surface area contributed by atoms with E-state index < -0.39 is 6.04 Å². The third-order valence-electron chi connectivity index (χ3n) is 7.05. The molecule has 12 nitrogen and oxygen atoms in total. The Balaban J connectivity index is 1.11. The van der Waals surface area contributed by atoms with Gasteiger partial charge in [0.1, 0.15) is 18.1 Å². The van der Waals surface area contributed by atoms with E-state index in [1.54, 1.807) is 19.0 Å². The van der Waals surface area contributed by atoms with Crippen molar-refractivity contribution in [2.24, 2.45) is 26.7 Å². The van der Waals surface area contributed by atoms with Gasteiger partial charge in [-0.05, 0) is 50.5 Å². The number of hydroxylamine groups is 1. The SMILES string of the molecule is C=C1N=CN(C2OC(COC)CC2C)/N=C(N)\N=C/1OCCCCCCOC(=O)C(C)NOc1cccc2ccccc12. The highest BCUT2D eigenvalue weighted by Gasteiger charge is 2.36. The van der Waals surface area contributed by atoms with Crippen LogP contribution in [0.25, 0.3) is 10.8 Å². The van der Waals surface area contributed by atoms with E-state index in [9.17, 15) is 4.79 Å². The van der Waals surface area contributed by atoms with E-state index in [0.29, 0.717) is 31.3 Å². The second kappa shape index (κ2) is 16.0. The number of benzene rings is 2. The van der Waals surface area contributed by atoms with Gasteiger partial charge >= 0.3 is 5.97 Å². The highest BCUT2D eigenvalue weighted by Crippen LogP contribution is 2.29. The zero-order valence-electron chi connectivity index (χ0n) is 25.1. The Hall–Kier alpha value is -4.00. The van der Waals surface area contributed by atoms with Gasteiger partial charge in [0, 0.05) is 18.4 Å². The molecule has 2 heterocycles. The molecule has 4 unspecified atom stereocenters. The predicted molar refractivity (Wildman–Crippen MR) is 165 cm³/mol. The maximum absolute atomic E-state index is 12.3. The first-order chi connectivity index (χ1) is 20.9. The third kappa shape index (κ3) is 9.24. The van der Waals surface area contributed by atoms with E-state index in [2.05, 4.69) is 34.1 Å². The molecule has 12 heteroatoms. The highest BCUT2D eigenvalue weighted by atomic mass is 16.7. The lowest BCUT2D eigenvalue weighted by Crippen LogP contribution is -2.37. The van der Waals surface area contributed by atoms with Crippen molar-refractivity contribution in [1.82, 2.24) is 10.5 Å². The number of ether oxygens (including phenoxy) is 4. The zero-order valence-corrected chi connectivity index (χ0v) is 25.1. The summed E-state index contributed by atoms with van der Waals surface area (Å²) in [5.41, 5.74) is 9.19. The Morgan fingerprint density at radius 2 is 1.93 bits per heavy atom. The van der Waals surface area contributed by atoms with Crippen LogP contribution in [-0.4, -0.2) is 74.5 Å². The summed E-state index contributed by atoms with van der Waals surface area (Å²) >= 11 is 0. The minimum absolute atomic E-state index is 0.0144. The number of guanidine groups is 1. The quantitative estimate of drug-likeness (QED) is 0.188. The number of methoxy groups -OCH3 is 1. The van der Waals surface area contributed by atoms with Crippen molar-refractivity contribution in [3.05, 3.63) is 54.7 Å². The molecule has 2 aromatic rings. The summed E-state index contributed by atoms with van der Waals surface area (Å²) in [5, 5.41) is 7.94. The van der Waals surface area contributed by atoms with Crippen LogP contribution in [0, 0.1) is 5.92 Å². The van der Waals surface area contributed by atoms with E-state index in [-0.39, 0.29) is 36.1 Å². The molecule has 0 aliphatic carbocycles. The Morgan fingerprint density at radius 1 is 1.16 bits per heavy atom. The molecule has 0 saturated carbocycles. The van der Waals surface area contributed by atoms with E-state index in [1.165, 1.54) is 6.34 Å². The number of esters is 1. The number of unbranched alkanes of at least 4 members (excludes halogenated alkanes) is 3. The standard InChI is InChI=1S/C31H42N6O6/c1-21-18-25(19-39-4)42-29(21)37-20-33-22(2)28(34-31(32)35-37)40-16-9-5-6-10-17-41-30(38)23(3)36-43-27-15-11-13-24-12-7-8-14-26(24)27/h7-8,11-15,20-21,23,25,29,36H,2,5-6,9-10,16-19H2,1,3-4H3,(H2,32,35)/b33-20?,34-28+. The number of hydrazone groups is 1. The Labute approximate surface area is 252 Å². The number of fused-ring (bicyclic) bond motifs is 1. The van der Waals surface area contributed by atoms with Gasteiger partial charge < -0.3 is 29.5 Å². The maximum Gasteiger partial charge on any atom is 0.326 e. The van der Waals surface area contributed by atoms with E-state index in [1.807, 2.05) is 42.5 Å². The number of carbonyl (C=O) groups is 1. The fourth-order valence-electron chi connectivity index (χ4n) is 4.80. The average molecular weight is 595 g/mol. The van der Waals surface area contributed by atoms with Crippen LogP contribution < -0.4 is 16.1 Å². The molecule has 232 valence electrons. The molecule has 2 aromatic carbocycles. The van der Waals surface area contributed by atoms with Crippen LogP contribution in [0.2, 0.25) is 0 Å². The molecule has 0 amide bonds. The third-order valence-corrected chi connectivity index (χ3v) is 7.05. The molecule has 2 aliphatic heterocycles. The van der Waals surface area contributed by atoms with Crippen molar-refractivity contribution in [3.63, 3.8) is 0 Å². The number of hydrogen-bond acceptors (Lipinski definition) is 12. The molecule has 0 radical (unpaired) electrons. The van der Waals surface area contributed by atoms with Crippen LogP contribution in [0.4, 0.5) is 0 Å². The lowest BCUT2D eigenvalue weighted by Gasteiger charge is -2.25. The maximum atomic E-state index is 12.3. The summed E-state index contributed by atoms with van der Waals surface area (Å²) in [6.45, 7) is 9.00. The van der Waals surface area contributed by atoms with E-state index >= 15 is 0 Å². The molecule has 0 bridgehead atoms. The average Bonchev–Trinajstić information content (AvgIpc) is 3.37. The summed E-state index contributed by atoms with van der Waals surface area (Å²) in [6.07, 6.45) is 5.32. The molecule has 2 aliphatic rings. The second-order valence-electron chi connectivity index (χ2n) is 10.6. The summed E-state index contributed by atoms with van der Waals surface area (Å²) in [5.74, 6) is 0.750. The number of nitrogens with two attached hydrogens (primary N) is 1.